The average molecular weight is 483 g/mol. The molecule has 1 aliphatic carbocycles. The van der Waals surface area contributed by atoms with Gasteiger partial charge in [0.25, 0.3) is 0 Å². The fraction of sp³-hybridized carbons (Fsp3) is 0.423. The molecule has 180 valence electrons. The third kappa shape index (κ3) is 4.94. The predicted octanol–water partition coefficient (Wildman–Crippen LogP) is 4.00. The number of aromatic nitrogens is 2. The molecule has 2 aromatic carbocycles. The molecular weight excluding hydrogens is 451 g/mol. The van der Waals surface area contributed by atoms with Crippen molar-refractivity contribution >= 4 is 10.0 Å². The molecule has 1 atom stereocenters. The van der Waals surface area contributed by atoms with Gasteiger partial charge in [-0.25, -0.2) is 22.2 Å². The molecular formula is C26H31FN4O2S. The molecule has 0 amide bonds. The fourth-order valence-electron chi connectivity index (χ4n) is 5.14. The van der Waals surface area contributed by atoms with E-state index in [2.05, 4.69) is 9.62 Å². The van der Waals surface area contributed by atoms with Crippen molar-refractivity contribution in [3.8, 4) is 5.69 Å². The molecule has 1 aromatic heterocycles. The van der Waals surface area contributed by atoms with Gasteiger partial charge in [0.05, 0.1) is 16.3 Å². The summed E-state index contributed by atoms with van der Waals surface area (Å²) in [6.45, 7) is 4.97. The number of hydrogen-bond acceptors (Lipinski definition) is 4. The molecule has 1 aliphatic heterocycles. The monoisotopic (exact) mass is 482 g/mol. The van der Waals surface area contributed by atoms with Crippen molar-refractivity contribution in [2.75, 3.05) is 19.6 Å². The van der Waals surface area contributed by atoms with Crippen molar-refractivity contribution in [3.05, 3.63) is 76.9 Å². The number of nitrogens with one attached hydrogen (secondary N) is 1. The summed E-state index contributed by atoms with van der Waals surface area (Å²) in [7, 11) is -3.50. The Bertz CT molecular complexity index is 1250. The summed E-state index contributed by atoms with van der Waals surface area (Å²) in [4.78, 5) is 2.71. The quantitative estimate of drug-likeness (QED) is 0.553. The zero-order valence-electron chi connectivity index (χ0n) is 19.5. The van der Waals surface area contributed by atoms with Crippen molar-refractivity contribution in [2.24, 2.45) is 5.92 Å². The topological polar surface area (TPSA) is 67.2 Å². The molecule has 1 N–H and O–H groups in total. The van der Waals surface area contributed by atoms with Crippen LogP contribution in [-0.2, 0) is 29.4 Å². The number of sulfonamides is 1. The van der Waals surface area contributed by atoms with Crippen LogP contribution < -0.4 is 4.72 Å². The van der Waals surface area contributed by atoms with Gasteiger partial charge in [-0.2, -0.15) is 5.10 Å². The molecule has 34 heavy (non-hydrogen) atoms. The van der Waals surface area contributed by atoms with Crippen LogP contribution in [0.1, 0.15) is 41.8 Å². The average Bonchev–Trinajstić information content (AvgIpc) is 3.43. The van der Waals surface area contributed by atoms with Crippen LogP contribution >= 0.6 is 0 Å². The van der Waals surface area contributed by atoms with E-state index in [1.165, 1.54) is 23.4 Å². The number of fused-ring (bicyclic) bond motifs is 1. The van der Waals surface area contributed by atoms with Gasteiger partial charge >= 0.3 is 0 Å². The molecule has 0 saturated carbocycles. The van der Waals surface area contributed by atoms with Crippen LogP contribution in [0.3, 0.4) is 0 Å². The largest absolute Gasteiger partial charge is 0.297 e. The summed E-state index contributed by atoms with van der Waals surface area (Å²) < 4.78 is 43.6. The molecule has 1 saturated heterocycles. The van der Waals surface area contributed by atoms with E-state index in [4.69, 9.17) is 5.10 Å². The Morgan fingerprint density at radius 3 is 2.59 bits per heavy atom. The normalized spacial score (nSPS) is 18.8. The van der Waals surface area contributed by atoms with Crippen LogP contribution in [0.25, 0.3) is 5.69 Å². The highest BCUT2D eigenvalue weighted by Gasteiger charge is 2.27. The number of rotatable bonds is 7. The first-order valence-electron chi connectivity index (χ1n) is 12.0. The maximum Gasteiger partial charge on any atom is 0.240 e. The number of piperidine rings is 1. The van der Waals surface area contributed by atoms with Crippen LogP contribution in [0, 0.1) is 18.7 Å². The van der Waals surface area contributed by atoms with Crippen molar-refractivity contribution < 1.29 is 12.8 Å². The summed E-state index contributed by atoms with van der Waals surface area (Å²) in [5.74, 6) is 0.0198. The zero-order chi connectivity index (χ0) is 23.7. The molecule has 2 aliphatic rings. The number of benzene rings is 2. The Morgan fingerprint density at radius 2 is 1.82 bits per heavy atom. The summed E-state index contributed by atoms with van der Waals surface area (Å²) in [5, 5.41) is 4.92. The number of halogens is 1. The molecule has 6 nitrogen and oxygen atoms in total. The van der Waals surface area contributed by atoms with E-state index in [9.17, 15) is 12.8 Å². The van der Waals surface area contributed by atoms with Crippen LogP contribution in [0.2, 0.25) is 0 Å². The maximum atomic E-state index is 13.4. The number of likely N-dealkylation sites (tertiary alicyclic amines) is 1. The van der Waals surface area contributed by atoms with Crippen molar-refractivity contribution in [2.45, 2.75) is 50.5 Å². The lowest BCUT2D eigenvalue weighted by molar-refractivity contribution is 0.166. The van der Waals surface area contributed by atoms with Crippen LogP contribution in [0.15, 0.2) is 53.4 Å². The Labute approximate surface area is 200 Å². The van der Waals surface area contributed by atoms with Gasteiger partial charge in [-0.05, 0) is 93.5 Å². The highest BCUT2D eigenvalue weighted by Crippen LogP contribution is 2.29. The highest BCUT2D eigenvalue weighted by molar-refractivity contribution is 7.89. The van der Waals surface area contributed by atoms with Gasteiger partial charge in [0.1, 0.15) is 5.82 Å². The van der Waals surface area contributed by atoms with Gasteiger partial charge in [-0.15, -0.1) is 0 Å². The Morgan fingerprint density at radius 1 is 1.06 bits per heavy atom. The molecule has 0 radical (unpaired) electrons. The second-order valence-electron chi connectivity index (χ2n) is 9.52. The minimum Gasteiger partial charge on any atom is -0.297 e. The first-order valence-corrected chi connectivity index (χ1v) is 13.5. The van der Waals surface area contributed by atoms with E-state index in [1.54, 1.807) is 24.3 Å². The minimum atomic E-state index is -3.50. The van der Waals surface area contributed by atoms with Crippen molar-refractivity contribution in [1.82, 2.24) is 19.4 Å². The highest BCUT2D eigenvalue weighted by atomic mass is 32.2. The third-order valence-electron chi connectivity index (χ3n) is 6.95. The van der Waals surface area contributed by atoms with Crippen molar-refractivity contribution in [1.29, 1.82) is 0 Å². The molecule has 5 rings (SSSR count). The predicted molar refractivity (Wildman–Crippen MR) is 130 cm³/mol. The van der Waals surface area contributed by atoms with Gasteiger partial charge in [-0.3, -0.25) is 4.90 Å². The molecule has 8 heteroatoms. The smallest absolute Gasteiger partial charge is 0.240 e. The van der Waals surface area contributed by atoms with Gasteiger partial charge < -0.3 is 0 Å². The van der Waals surface area contributed by atoms with Gasteiger partial charge in [0.2, 0.25) is 10.0 Å². The van der Waals surface area contributed by atoms with E-state index in [1.807, 2.05) is 23.7 Å². The van der Waals surface area contributed by atoms with E-state index in [0.717, 1.165) is 68.7 Å². The lowest BCUT2D eigenvalue weighted by Gasteiger charge is -2.32. The van der Waals surface area contributed by atoms with Crippen LogP contribution in [0.4, 0.5) is 4.39 Å². The van der Waals surface area contributed by atoms with E-state index in [0.29, 0.717) is 11.4 Å². The molecule has 2 heterocycles. The molecule has 3 aromatic rings. The Hall–Kier alpha value is -2.55. The summed E-state index contributed by atoms with van der Waals surface area (Å²) in [5.41, 5.74) is 5.59. The van der Waals surface area contributed by atoms with Crippen LogP contribution in [-0.4, -0.2) is 42.7 Å². The second-order valence-corrected chi connectivity index (χ2v) is 11.3. The zero-order valence-corrected chi connectivity index (χ0v) is 20.3. The fourth-order valence-corrected chi connectivity index (χ4v) is 6.25. The standard InChI is InChI=1S/C26H31FN4O2S/c1-19-7-13-23(14-8-19)34(32,33)28-16-20-4-3-15-30(17-20)18-25-24-5-2-6-26(24)31(29-25)22-11-9-21(27)10-12-22/h7-14,20,28H,2-6,15-18H2,1H3. The van der Waals surface area contributed by atoms with Gasteiger partial charge in [0, 0.05) is 25.3 Å². The maximum absolute atomic E-state index is 13.4. The Kier molecular flexibility index (Phi) is 6.55. The summed E-state index contributed by atoms with van der Waals surface area (Å²) >= 11 is 0. The lowest BCUT2D eigenvalue weighted by atomic mass is 9.98. The minimum absolute atomic E-state index is 0.245. The SMILES string of the molecule is Cc1ccc(S(=O)(=O)NCC2CCCN(Cc3nn(-c4ccc(F)cc4)c4c3CCC4)C2)cc1. The Balaban J connectivity index is 1.25. The molecule has 0 spiro atoms. The van der Waals surface area contributed by atoms with E-state index < -0.39 is 10.0 Å². The van der Waals surface area contributed by atoms with E-state index >= 15 is 0 Å². The number of aryl methyl sites for hydroxylation is 1. The summed E-state index contributed by atoms with van der Waals surface area (Å²) in [6.07, 6.45) is 5.18. The van der Waals surface area contributed by atoms with Gasteiger partial charge in [-0.1, -0.05) is 17.7 Å². The first-order chi connectivity index (χ1) is 16.4. The molecule has 1 fully saturated rings. The van der Waals surface area contributed by atoms with Gasteiger partial charge in [0.15, 0.2) is 0 Å². The number of nitrogens with zero attached hydrogens (tertiary/aromatic N) is 3. The van der Waals surface area contributed by atoms with Crippen LogP contribution in [0.5, 0.6) is 0 Å². The third-order valence-corrected chi connectivity index (χ3v) is 8.39. The summed E-state index contributed by atoms with van der Waals surface area (Å²) in [6, 6.07) is 13.5. The lowest BCUT2D eigenvalue weighted by Crippen LogP contribution is -2.40. The van der Waals surface area contributed by atoms with Crippen molar-refractivity contribution in [3.63, 3.8) is 0 Å². The first kappa shape index (κ1) is 23.2. The number of hydrogen-bond donors (Lipinski definition) is 1. The second kappa shape index (κ2) is 9.60. The van der Waals surface area contributed by atoms with E-state index in [-0.39, 0.29) is 11.7 Å². The molecule has 0 bridgehead atoms. The molecule has 1 unspecified atom stereocenters.